The summed E-state index contributed by atoms with van der Waals surface area (Å²) in [6.45, 7) is 3.51. The summed E-state index contributed by atoms with van der Waals surface area (Å²) in [6.07, 6.45) is -2.92. The van der Waals surface area contributed by atoms with E-state index in [4.69, 9.17) is 0 Å². The molecule has 1 aliphatic rings. The Morgan fingerprint density at radius 2 is 1.48 bits per heavy atom. The van der Waals surface area contributed by atoms with Gasteiger partial charge in [0.05, 0.1) is 11.1 Å². The Bertz CT molecular complexity index is 1160. The van der Waals surface area contributed by atoms with Crippen LogP contribution in [0.4, 0.5) is 13.2 Å². The van der Waals surface area contributed by atoms with E-state index in [1.807, 2.05) is 0 Å². The lowest BCUT2D eigenvalue weighted by atomic mass is 10.1. The van der Waals surface area contributed by atoms with Gasteiger partial charge in [0.15, 0.2) is 11.6 Å². The van der Waals surface area contributed by atoms with Gasteiger partial charge in [0.1, 0.15) is 0 Å². The number of halogens is 3. The second kappa shape index (κ2) is 6.58. The molecule has 146 valence electrons. The Morgan fingerprint density at radius 3 is 2.07 bits per heavy atom. The molecule has 6 heteroatoms. The molecule has 29 heavy (non-hydrogen) atoms. The summed E-state index contributed by atoms with van der Waals surface area (Å²) in [5.41, 5.74) is 2.39. The Kier molecular flexibility index (Phi) is 4.30. The van der Waals surface area contributed by atoms with Crippen molar-refractivity contribution in [2.45, 2.75) is 20.0 Å². The highest BCUT2D eigenvalue weighted by atomic mass is 19.4. The first-order valence-corrected chi connectivity index (χ1v) is 8.95. The molecule has 0 fully saturated rings. The SMILES string of the molecule is Cc1cc(C=C2C(=O)c3ccccc3C2=O)c(C)n1-c1cccc(C(F)(F)F)c1. The minimum absolute atomic E-state index is 0.0653. The van der Waals surface area contributed by atoms with Gasteiger partial charge in [-0.15, -0.1) is 0 Å². The topological polar surface area (TPSA) is 39.1 Å². The number of allylic oxidation sites excluding steroid dienone is 1. The van der Waals surface area contributed by atoms with Crippen LogP contribution in [0.2, 0.25) is 0 Å². The van der Waals surface area contributed by atoms with Crippen molar-refractivity contribution in [1.82, 2.24) is 4.57 Å². The third kappa shape index (κ3) is 3.10. The van der Waals surface area contributed by atoms with Gasteiger partial charge in [-0.25, -0.2) is 0 Å². The molecular weight excluding hydrogens is 379 g/mol. The van der Waals surface area contributed by atoms with Crippen molar-refractivity contribution >= 4 is 17.6 Å². The fraction of sp³-hybridized carbons (Fsp3) is 0.130. The first-order valence-electron chi connectivity index (χ1n) is 8.95. The van der Waals surface area contributed by atoms with Crippen LogP contribution in [-0.2, 0) is 6.18 Å². The molecular formula is C23H16F3NO2. The number of aryl methyl sites for hydroxylation is 1. The lowest BCUT2D eigenvalue weighted by molar-refractivity contribution is -0.137. The molecule has 0 atom stereocenters. The molecule has 0 radical (unpaired) electrons. The van der Waals surface area contributed by atoms with Crippen LogP contribution in [-0.4, -0.2) is 16.1 Å². The van der Waals surface area contributed by atoms with Crippen LogP contribution >= 0.6 is 0 Å². The maximum atomic E-state index is 13.1. The van der Waals surface area contributed by atoms with Crippen LogP contribution in [0.1, 0.15) is 43.2 Å². The van der Waals surface area contributed by atoms with E-state index in [0.717, 1.165) is 12.1 Å². The van der Waals surface area contributed by atoms with E-state index in [1.54, 1.807) is 54.8 Å². The predicted molar refractivity (Wildman–Crippen MR) is 103 cm³/mol. The Balaban J connectivity index is 1.79. The van der Waals surface area contributed by atoms with Crippen molar-refractivity contribution in [2.75, 3.05) is 0 Å². The quantitative estimate of drug-likeness (QED) is 0.420. The van der Waals surface area contributed by atoms with E-state index in [1.165, 1.54) is 12.1 Å². The molecule has 0 N–H and O–H groups in total. The molecule has 0 unspecified atom stereocenters. The fourth-order valence-corrected chi connectivity index (χ4v) is 3.71. The summed E-state index contributed by atoms with van der Waals surface area (Å²) in [7, 11) is 0. The third-order valence-electron chi connectivity index (χ3n) is 5.11. The van der Waals surface area contributed by atoms with Crippen LogP contribution in [0.15, 0.2) is 60.2 Å². The average molecular weight is 395 g/mol. The minimum atomic E-state index is -4.44. The normalized spacial score (nSPS) is 13.8. The van der Waals surface area contributed by atoms with E-state index in [0.29, 0.717) is 33.8 Å². The van der Waals surface area contributed by atoms with Crippen LogP contribution in [0, 0.1) is 13.8 Å². The van der Waals surface area contributed by atoms with Gasteiger partial charge in [0, 0.05) is 28.2 Å². The largest absolute Gasteiger partial charge is 0.416 e. The maximum Gasteiger partial charge on any atom is 0.416 e. The lowest BCUT2D eigenvalue weighted by Gasteiger charge is -2.13. The van der Waals surface area contributed by atoms with Crippen molar-refractivity contribution in [3.8, 4) is 5.69 Å². The minimum Gasteiger partial charge on any atom is -0.318 e. The van der Waals surface area contributed by atoms with E-state index in [-0.39, 0.29) is 17.1 Å². The predicted octanol–water partition coefficient (Wildman–Crippen LogP) is 5.58. The van der Waals surface area contributed by atoms with Gasteiger partial charge in [-0.3, -0.25) is 9.59 Å². The summed E-state index contributed by atoms with van der Waals surface area (Å²) >= 11 is 0. The molecule has 3 aromatic rings. The van der Waals surface area contributed by atoms with Crippen molar-refractivity contribution in [3.05, 3.63) is 93.8 Å². The van der Waals surface area contributed by atoms with Gasteiger partial charge >= 0.3 is 6.18 Å². The maximum absolute atomic E-state index is 13.1. The number of Topliss-reactive ketones (excluding diaryl/α,β-unsaturated/α-hetero) is 2. The molecule has 2 aromatic carbocycles. The molecule has 1 aliphatic carbocycles. The third-order valence-corrected chi connectivity index (χ3v) is 5.11. The zero-order chi connectivity index (χ0) is 20.9. The molecule has 0 spiro atoms. The summed E-state index contributed by atoms with van der Waals surface area (Å²) < 4.78 is 40.9. The second-order valence-corrected chi connectivity index (χ2v) is 6.97. The number of alkyl halides is 3. The molecule has 4 rings (SSSR count). The molecule has 1 aromatic heterocycles. The van der Waals surface area contributed by atoms with E-state index < -0.39 is 11.7 Å². The molecule has 1 heterocycles. The van der Waals surface area contributed by atoms with Crippen molar-refractivity contribution in [3.63, 3.8) is 0 Å². The number of hydrogen-bond acceptors (Lipinski definition) is 2. The lowest BCUT2D eigenvalue weighted by Crippen LogP contribution is -2.07. The molecule has 0 saturated heterocycles. The standard InChI is InChI=1S/C23H16F3NO2/c1-13-10-15(11-20-21(28)18-8-3-4-9-19(18)22(20)29)14(2)27(13)17-7-5-6-16(12-17)23(24,25)26/h3-12H,1-2H3. The first-order chi connectivity index (χ1) is 13.7. The van der Waals surface area contributed by atoms with Gasteiger partial charge in [0.25, 0.3) is 0 Å². The van der Waals surface area contributed by atoms with Crippen molar-refractivity contribution < 1.29 is 22.8 Å². The Hall–Kier alpha value is -3.41. The summed E-state index contributed by atoms with van der Waals surface area (Å²) in [5, 5.41) is 0. The number of carbonyl (C=O) groups excluding carboxylic acids is 2. The van der Waals surface area contributed by atoms with Crippen LogP contribution in [0.5, 0.6) is 0 Å². The molecule has 3 nitrogen and oxygen atoms in total. The van der Waals surface area contributed by atoms with Crippen LogP contribution in [0.3, 0.4) is 0 Å². The van der Waals surface area contributed by atoms with Gasteiger partial charge in [-0.2, -0.15) is 13.2 Å². The first kappa shape index (κ1) is 18.9. The van der Waals surface area contributed by atoms with Crippen molar-refractivity contribution in [1.29, 1.82) is 0 Å². The van der Waals surface area contributed by atoms with Crippen LogP contribution in [0.25, 0.3) is 11.8 Å². The van der Waals surface area contributed by atoms with Crippen LogP contribution < -0.4 is 0 Å². The van der Waals surface area contributed by atoms with E-state index >= 15 is 0 Å². The Morgan fingerprint density at radius 1 is 0.862 bits per heavy atom. The number of hydrogen-bond donors (Lipinski definition) is 0. The highest BCUT2D eigenvalue weighted by molar-refractivity contribution is 6.41. The fourth-order valence-electron chi connectivity index (χ4n) is 3.71. The molecule has 0 saturated carbocycles. The molecule has 0 amide bonds. The number of carbonyl (C=O) groups is 2. The molecule has 0 aliphatic heterocycles. The Labute approximate surface area is 165 Å². The van der Waals surface area contributed by atoms with Crippen molar-refractivity contribution in [2.24, 2.45) is 0 Å². The zero-order valence-corrected chi connectivity index (χ0v) is 15.7. The summed E-state index contributed by atoms with van der Waals surface area (Å²) in [4.78, 5) is 25.2. The van der Waals surface area contributed by atoms with E-state index in [9.17, 15) is 22.8 Å². The van der Waals surface area contributed by atoms with Gasteiger partial charge in [-0.1, -0.05) is 30.3 Å². The highest BCUT2D eigenvalue weighted by Crippen LogP contribution is 2.33. The monoisotopic (exact) mass is 395 g/mol. The number of rotatable bonds is 2. The number of nitrogens with zero attached hydrogens (tertiary/aromatic N) is 1. The van der Waals surface area contributed by atoms with E-state index in [2.05, 4.69) is 0 Å². The van der Waals surface area contributed by atoms with Gasteiger partial charge in [0.2, 0.25) is 0 Å². The summed E-state index contributed by atoms with van der Waals surface area (Å²) in [6, 6.07) is 13.4. The second-order valence-electron chi connectivity index (χ2n) is 6.97. The highest BCUT2D eigenvalue weighted by Gasteiger charge is 2.33. The average Bonchev–Trinajstić information content (AvgIpc) is 3.09. The number of fused-ring (bicyclic) bond motifs is 1. The smallest absolute Gasteiger partial charge is 0.318 e. The zero-order valence-electron chi connectivity index (χ0n) is 15.7. The number of benzene rings is 2. The van der Waals surface area contributed by atoms with Gasteiger partial charge in [-0.05, 0) is 49.8 Å². The number of aromatic nitrogens is 1. The van der Waals surface area contributed by atoms with Gasteiger partial charge < -0.3 is 4.57 Å². The molecule has 0 bridgehead atoms. The summed E-state index contributed by atoms with van der Waals surface area (Å²) in [5.74, 6) is -0.677. The number of ketones is 2.